The van der Waals surface area contributed by atoms with Crippen molar-refractivity contribution in [2.24, 2.45) is 0 Å². The summed E-state index contributed by atoms with van der Waals surface area (Å²) in [7, 11) is 0. The minimum Gasteiger partial charge on any atom is -0.477 e. The number of rotatable bonds is 6. The molecule has 0 radical (unpaired) electrons. The third-order valence-corrected chi connectivity index (χ3v) is 3.31. The summed E-state index contributed by atoms with van der Waals surface area (Å²) in [4.78, 5) is 26.0. The number of carboxylic acid groups (broad SMARTS) is 1. The molecule has 1 aromatic heterocycles. The number of para-hydroxylation sites is 1. The second kappa shape index (κ2) is 6.83. The van der Waals surface area contributed by atoms with Gasteiger partial charge in [-0.1, -0.05) is 18.2 Å². The summed E-state index contributed by atoms with van der Waals surface area (Å²) in [5, 5.41) is 9.32. The molecule has 2 aromatic rings. The van der Waals surface area contributed by atoms with Crippen LogP contribution in [0.1, 0.15) is 43.4 Å². The van der Waals surface area contributed by atoms with Crippen molar-refractivity contribution < 1.29 is 14.6 Å². The number of nitrogens with one attached hydrogen (secondary N) is 1. The zero-order chi connectivity index (χ0) is 17.0. The van der Waals surface area contributed by atoms with Gasteiger partial charge in [-0.05, 0) is 45.7 Å². The van der Waals surface area contributed by atoms with Crippen molar-refractivity contribution in [3.8, 4) is 5.69 Å². The zero-order valence-electron chi connectivity index (χ0n) is 13.6. The largest absolute Gasteiger partial charge is 0.477 e. The van der Waals surface area contributed by atoms with Crippen molar-refractivity contribution >= 4 is 5.97 Å². The lowest BCUT2D eigenvalue weighted by Crippen LogP contribution is -2.21. The monoisotopic (exact) mass is 318 g/mol. The van der Waals surface area contributed by atoms with E-state index in [1.54, 1.807) is 12.1 Å². The average Bonchev–Trinajstić information content (AvgIpc) is 2.80. The van der Waals surface area contributed by atoms with E-state index in [-0.39, 0.29) is 11.3 Å². The summed E-state index contributed by atoms with van der Waals surface area (Å²) >= 11 is 0. The predicted molar refractivity (Wildman–Crippen MR) is 87.4 cm³/mol. The Labute approximate surface area is 134 Å². The quantitative estimate of drug-likeness (QED) is 0.802. The minimum absolute atomic E-state index is 0.0605. The lowest BCUT2D eigenvalue weighted by atomic mass is 10.1. The number of hydrogen-bond donors (Lipinski definition) is 2. The van der Waals surface area contributed by atoms with Crippen LogP contribution in [-0.4, -0.2) is 32.8 Å². The van der Waals surface area contributed by atoms with Gasteiger partial charge < -0.3 is 9.84 Å². The Morgan fingerprint density at radius 1 is 1.26 bits per heavy atom. The van der Waals surface area contributed by atoms with Gasteiger partial charge in [-0.2, -0.15) is 0 Å². The van der Waals surface area contributed by atoms with Gasteiger partial charge in [0.15, 0.2) is 0 Å². The Hall–Kier alpha value is -2.34. The first kappa shape index (κ1) is 17.0. The standard InChI is InChI=1S/C17H22N2O4/c1-17(2,3)23-11-7-10-13-14(15(20)21)18-16(22)19(13)12-8-5-4-6-9-12/h4-6,8-9H,7,10-11H2,1-3H3,(H,18,22)(H,20,21). The molecule has 2 N–H and O–H groups in total. The lowest BCUT2D eigenvalue weighted by Gasteiger charge is -2.19. The molecule has 124 valence electrons. The van der Waals surface area contributed by atoms with Crippen LogP contribution in [-0.2, 0) is 11.2 Å². The maximum atomic E-state index is 12.2. The Morgan fingerprint density at radius 2 is 1.91 bits per heavy atom. The number of nitrogens with zero attached hydrogens (tertiary/aromatic N) is 1. The van der Waals surface area contributed by atoms with Gasteiger partial charge in [0.1, 0.15) is 5.69 Å². The smallest absolute Gasteiger partial charge is 0.354 e. The fourth-order valence-electron chi connectivity index (χ4n) is 2.35. The van der Waals surface area contributed by atoms with Crippen molar-refractivity contribution in [2.75, 3.05) is 6.61 Å². The summed E-state index contributed by atoms with van der Waals surface area (Å²) in [6.07, 6.45) is 1.06. The first-order valence-electron chi connectivity index (χ1n) is 7.56. The Balaban J connectivity index is 2.29. The number of imidazole rings is 1. The Bertz CT molecular complexity index is 723. The first-order valence-corrected chi connectivity index (χ1v) is 7.56. The number of aromatic carboxylic acids is 1. The average molecular weight is 318 g/mol. The van der Waals surface area contributed by atoms with Crippen molar-refractivity contribution in [3.63, 3.8) is 0 Å². The van der Waals surface area contributed by atoms with Crippen molar-refractivity contribution in [3.05, 3.63) is 52.2 Å². The SMILES string of the molecule is CC(C)(C)OCCCc1c(C(=O)O)[nH]c(=O)n1-c1ccccc1. The highest BCUT2D eigenvalue weighted by Crippen LogP contribution is 2.15. The number of H-pyrrole nitrogens is 1. The molecule has 6 nitrogen and oxygen atoms in total. The second-order valence-corrected chi connectivity index (χ2v) is 6.29. The Kier molecular flexibility index (Phi) is 5.05. The van der Waals surface area contributed by atoms with Crippen molar-refractivity contribution in [1.82, 2.24) is 9.55 Å². The molecule has 23 heavy (non-hydrogen) atoms. The fraction of sp³-hybridized carbons (Fsp3) is 0.412. The van der Waals surface area contributed by atoms with Crippen LogP contribution in [0.5, 0.6) is 0 Å². The number of hydrogen-bond acceptors (Lipinski definition) is 3. The third-order valence-electron chi connectivity index (χ3n) is 3.31. The van der Waals surface area contributed by atoms with Crippen molar-refractivity contribution in [2.45, 2.75) is 39.2 Å². The van der Waals surface area contributed by atoms with Gasteiger partial charge in [-0.25, -0.2) is 9.59 Å². The van der Waals surface area contributed by atoms with E-state index in [0.717, 1.165) is 0 Å². The molecule has 1 heterocycles. The molecular formula is C17H22N2O4. The van der Waals surface area contributed by atoms with E-state index in [0.29, 0.717) is 30.8 Å². The van der Waals surface area contributed by atoms with Crippen LogP contribution >= 0.6 is 0 Å². The van der Waals surface area contributed by atoms with Crippen LogP contribution in [0.25, 0.3) is 5.69 Å². The van der Waals surface area contributed by atoms with Crippen molar-refractivity contribution in [1.29, 1.82) is 0 Å². The van der Waals surface area contributed by atoms with Gasteiger partial charge in [0.25, 0.3) is 0 Å². The molecular weight excluding hydrogens is 296 g/mol. The number of aromatic nitrogens is 2. The molecule has 0 atom stereocenters. The summed E-state index contributed by atoms with van der Waals surface area (Å²) in [6.45, 7) is 6.39. The van der Waals surface area contributed by atoms with E-state index in [1.165, 1.54) is 4.57 Å². The first-order chi connectivity index (χ1) is 10.8. The molecule has 2 rings (SSSR count). The highest BCUT2D eigenvalue weighted by atomic mass is 16.5. The van der Waals surface area contributed by atoms with E-state index >= 15 is 0 Å². The van der Waals surface area contributed by atoms with Crippen LogP contribution in [0.3, 0.4) is 0 Å². The minimum atomic E-state index is -1.14. The third kappa shape index (κ3) is 4.32. The fourth-order valence-corrected chi connectivity index (χ4v) is 2.35. The van der Waals surface area contributed by atoms with E-state index in [2.05, 4.69) is 4.98 Å². The van der Waals surface area contributed by atoms with Gasteiger partial charge in [-0.3, -0.25) is 9.55 Å². The summed E-state index contributed by atoms with van der Waals surface area (Å²) < 4.78 is 7.08. The van der Waals surface area contributed by atoms with Crippen LogP contribution in [0, 0.1) is 0 Å². The topological polar surface area (TPSA) is 84.3 Å². The normalized spacial score (nSPS) is 11.6. The molecule has 0 aliphatic heterocycles. The van der Waals surface area contributed by atoms with Crippen LogP contribution in [0.4, 0.5) is 0 Å². The van der Waals surface area contributed by atoms with Gasteiger partial charge in [0.2, 0.25) is 0 Å². The number of benzene rings is 1. The highest BCUT2D eigenvalue weighted by molar-refractivity contribution is 5.86. The number of aromatic amines is 1. The lowest BCUT2D eigenvalue weighted by molar-refractivity contribution is -0.00399. The van der Waals surface area contributed by atoms with E-state index in [1.807, 2.05) is 39.0 Å². The molecule has 6 heteroatoms. The van der Waals surface area contributed by atoms with E-state index < -0.39 is 11.7 Å². The Morgan fingerprint density at radius 3 is 2.48 bits per heavy atom. The molecule has 0 amide bonds. The number of ether oxygens (including phenoxy) is 1. The van der Waals surface area contributed by atoms with Crippen LogP contribution in [0.15, 0.2) is 35.1 Å². The molecule has 0 saturated carbocycles. The zero-order valence-corrected chi connectivity index (χ0v) is 13.6. The van der Waals surface area contributed by atoms with E-state index in [9.17, 15) is 14.7 Å². The molecule has 1 aromatic carbocycles. The summed E-state index contributed by atoms with van der Waals surface area (Å²) in [6, 6.07) is 9.01. The molecule has 0 saturated heterocycles. The molecule has 0 bridgehead atoms. The molecule has 0 spiro atoms. The number of carbonyl (C=O) groups is 1. The second-order valence-electron chi connectivity index (χ2n) is 6.29. The van der Waals surface area contributed by atoms with Gasteiger partial charge >= 0.3 is 11.7 Å². The summed E-state index contributed by atoms with van der Waals surface area (Å²) in [5.41, 5.74) is 0.363. The number of carboxylic acids is 1. The molecule has 0 aliphatic carbocycles. The molecule has 0 fully saturated rings. The maximum absolute atomic E-state index is 12.2. The van der Waals surface area contributed by atoms with Gasteiger partial charge in [-0.15, -0.1) is 0 Å². The van der Waals surface area contributed by atoms with Gasteiger partial charge in [0.05, 0.1) is 17.0 Å². The molecule has 0 aliphatic rings. The molecule has 0 unspecified atom stereocenters. The van der Waals surface area contributed by atoms with Crippen LogP contribution in [0.2, 0.25) is 0 Å². The maximum Gasteiger partial charge on any atom is 0.354 e. The van der Waals surface area contributed by atoms with E-state index in [4.69, 9.17) is 4.74 Å². The van der Waals surface area contributed by atoms with Gasteiger partial charge in [0, 0.05) is 6.61 Å². The highest BCUT2D eigenvalue weighted by Gasteiger charge is 2.20. The predicted octanol–water partition coefficient (Wildman–Crippen LogP) is 2.61. The van der Waals surface area contributed by atoms with Crippen LogP contribution < -0.4 is 5.69 Å². The summed E-state index contributed by atoms with van der Waals surface area (Å²) in [5.74, 6) is -1.14.